The molecule has 0 aliphatic heterocycles. The number of rotatable bonds is 4. The number of nitrogens with one attached hydrogen (secondary N) is 2. The predicted octanol–water partition coefficient (Wildman–Crippen LogP) is 4.88. The van der Waals surface area contributed by atoms with Crippen LogP contribution in [0.15, 0.2) is 48.5 Å². The Hall–Kier alpha value is -3.36. The van der Waals surface area contributed by atoms with Gasteiger partial charge < -0.3 is 10.6 Å². The molecular weight excluding hydrogens is 376 g/mol. The maximum Gasteiger partial charge on any atom is 0.435 e. The van der Waals surface area contributed by atoms with Crippen molar-refractivity contribution in [2.24, 2.45) is 7.05 Å². The molecule has 0 bridgehead atoms. The number of anilines is 3. The highest BCUT2D eigenvalue weighted by atomic mass is 19.4. The highest BCUT2D eigenvalue weighted by molar-refractivity contribution is 6.08. The number of benzene rings is 2. The number of carbonyl (C=O) groups excluding carboxylic acids is 1. The molecule has 146 valence electrons. The van der Waals surface area contributed by atoms with Crippen molar-refractivity contribution in [1.82, 2.24) is 9.78 Å². The second-order valence-electron chi connectivity index (χ2n) is 6.12. The van der Waals surface area contributed by atoms with Gasteiger partial charge in [-0.05, 0) is 42.8 Å². The molecule has 1 heterocycles. The summed E-state index contributed by atoms with van der Waals surface area (Å²) in [5, 5.41) is 8.84. The third kappa shape index (κ3) is 4.13. The first kappa shape index (κ1) is 19.4. The molecule has 2 aromatic carbocycles. The SMILES string of the molecule is Cc1cc(F)ccc1Nc1ccccc1C(=O)Nc1cc(C(F)(F)F)nn1C. The Bertz CT molecular complexity index is 1030. The number of para-hydroxylation sites is 1. The van der Waals surface area contributed by atoms with Crippen LogP contribution in [0.5, 0.6) is 0 Å². The average molecular weight is 392 g/mol. The van der Waals surface area contributed by atoms with Gasteiger partial charge in [-0.1, -0.05) is 12.1 Å². The predicted molar refractivity (Wildman–Crippen MR) is 97.0 cm³/mol. The molecule has 3 rings (SSSR count). The van der Waals surface area contributed by atoms with Gasteiger partial charge in [0.15, 0.2) is 5.69 Å². The molecule has 5 nitrogen and oxygen atoms in total. The molecule has 0 saturated heterocycles. The fraction of sp³-hybridized carbons (Fsp3) is 0.158. The molecule has 3 aromatic rings. The second-order valence-corrected chi connectivity index (χ2v) is 6.12. The van der Waals surface area contributed by atoms with Crippen LogP contribution in [0.1, 0.15) is 21.6 Å². The lowest BCUT2D eigenvalue weighted by Gasteiger charge is -2.14. The summed E-state index contributed by atoms with van der Waals surface area (Å²) in [4.78, 5) is 12.6. The van der Waals surface area contributed by atoms with Gasteiger partial charge in [-0.25, -0.2) is 4.39 Å². The highest BCUT2D eigenvalue weighted by Crippen LogP contribution is 2.30. The van der Waals surface area contributed by atoms with Gasteiger partial charge in [0.1, 0.15) is 11.6 Å². The van der Waals surface area contributed by atoms with Crippen LogP contribution in [0.2, 0.25) is 0 Å². The standard InChI is InChI=1S/C19H16F4N4O/c1-11-9-12(20)7-8-14(11)24-15-6-4-3-5-13(15)18(28)25-17-10-16(19(21,22)23)26-27(17)2/h3-10,24H,1-2H3,(H,25,28). The number of amides is 1. The van der Waals surface area contributed by atoms with Crippen molar-refractivity contribution < 1.29 is 22.4 Å². The van der Waals surface area contributed by atoms with Gasteiger partial charge in [0.05, 0.1) is 11.3 Å². The van der Waals surface area contributed by atoms with Crippen molar-refractivity contribution in [3.63, 3.8) is 0 Å². The van der Waals surface area contributed by atoms with Gasteiger partial charge in [-0.3, -0.25) is 9.48 Å². The van der Waals surface area contributed by atoms with Crippen LogP contribution in [0.3, 0.4) is 0 Å². The molecule has 0 atom stereocenters. The molecule has 0 saturated carbocycles. The molecule has 0 aliphatic carbocycles. The third-order valence-electron chi connectivity index (χ3n) is 4.04. The van der Waals surface area contributed by atoms with E-state index in [4.69, 9.17) is 0 Å². The fourth-order valence-electron chi connectivity index (χ4n) is 2.61. The highest BCUT2D eigenvalue weighted by Gasteiger charge is 2.34. The fourth-order valence-corrected chi connectivity index (χ4v) is 2.61. The minimum atomic E-state index is -4.61. The van der Waals surface area contributed by atoms with Gasteiger partial charge in [0.25, 0.3) is 5.91 Å². The van der Waals surface area contributed by atoms with E-state index in [0.717, 1.165) is 10.7 Å². The molecule has 0 unspecified atom stereocenters. The Morgan fingerprint density at radius 1 is 1.07 bits per heavy atom. The van der Waals surface area contributed by atoms with E-state index in [1.165, 1.54) is 31.3 Å². The Labute approximate surface area is 158 Å². The van der Waals surface area contributed by atoms with Crippen LogP contribution < -0.4 is 10.6 Å². The second kappa shape index (κ2) is 7.34. The number of aryl methyl sites for hydroxylation is 2. The Morgan fingerprint density at radius 2 is 1.79 bits per heavy atom. The smallest absolute Gasteiger partial charge is 0.355 e. The summed E-state index contributed by atoms with van der Waals surface area (Å²) in [7, 11) is 1.30. The van der Waals surface area contributed by atoms with Crippen molar-refractivity contribution in [1.29, 1.82) is 0 Å². The van der Waals surface area contributed by atoms with Gasteiger partial charge in [-0.15, -0.1) is 0 Å². The summed E-state index contributed by atoms with van der Waals surface area (Å²) >= 11 is 0. The Kier molecular flexibility index (Phi) is 5.08. The lowest BCUT2D eigenvalue weighted by Crippen LogP contribution is -2.16. The van der Waals surface area contributed by atoms with Crippen LogP contribution in [0, 0.1) is 12.7 Å². The zero-order chi connectivity index (χ0) is 20.5. The van der Waals surface area contributed by atoms with Crippen molar-refractivity contribution in [3.8, 4) is 0 Å². The summed E-state index contributed by atoms with van der Waals surface area (Å²) in [6.07, 6.45) is -4.61. The topological polar surface area (TPSA) is 59.0 Å². The molecule has 9 heteroatoms. The summed E-state index contributed by atoms with van der Waals surface area (Å²) in [5.74, 6) is -1.09. The molecule has 2 N–H and O–H groups in total. The van der Waals surface area contributed by atoms with Crippen molar-refractivity contribution in [3.05, 3.63) is 71.2 Å². The van der Waals surface area contributed by atoms with Crippen LogP contribution in [-0.4, -0.2) is 15.7 Å². The first-order chi connectivity index (χ1) is 13.1. The summed E-state index contributed by atoms with van der Waals surface area (Å²) < 4.78 is 52.6. The first-order valence-corrected chi connectivity index (χ1v) is 8.20. The van der Waals surface area contributed by atoms with Crippen LogP contribution in [0.4, 0.5) is 34.8 Å². The first-order valence-electron chi connectivity index (χ1n) is 8.20. The number of alkyl halides is 3. The van der Waals surface area contributed by atoms with Crippen LogP contribution in [0.25, 0.3) is 0 Å². The number of carbonyl (C=O) groups is 1. The number of nitrogens with zero attached hydrogens (tertiary/aromatic N) is 2. The Balaban J connectivity index is 1.86. The number of hydrogen-bond donors (Lipinski definition) is 2. The molecule has 0 radical (unpaired) electrons. The normalized spacial score (nSPS) is 11.4. The van der Waals surface area contributed by atoms with E-state index >= 15 is 0 Å². The van der Waals surface area contributed by atoms with Gasteiger partial charge in [0.2, 0.25) is 0 Å². The van der Waals surface area contributed by atoms with Crippen molar-refractivity contribution in [2.75, 3.05) is 10.6 Å². The number of aromatic nitrogens is 2. The van der Waals surface area contributed by atoms with E-state index < -0.39 is 17.8 Å². The van der Waals surface area contributed by atoms with Crippen molar-refractivity contribution >= 4 is 23.1 Å². The largest absolute Gasteiger partial charge is 0.435 e. The quantitative estimate of drug-likeness (QED) is 0.622. The summed E-state index contributed by atoms with van der Waals surface area (Å²) in [6, 6.07) is 11.4. The van der Waals surface area contributed by atoms with E-state index in [1.807, 2.05) is 0 Å². The lowest BCUT2D eigenvalue weighted by atomic mass is 10.1. The van der Waals surface area contributed by atoms with Crippen LogP contribution in [-0.2, 0) is 13.2 Å². The Morgan fingerprint density at radius 3 is 2.43 bits per heavy atom. The number of halogens is 4. The van der Waals surface area contributed by atoms with E-state index in [1.54, 1.807) is 25.1 Å². The zero-order valence-corrected chi connectivity index (χ0v) is 14.9. The zero-order valence-electron chi connectivity index (χ0n) is 14.9. The minimum Gasteiger partial charge on any atom is -0.355 e. The van der Waals surface area contributed by atoms with E-state index in [9.17, 15) is 22.4 Å². The van der Waals surface area contributed by atoms with E-state index in [-0.39, 0.29) is 17.2 Å². The minimum absolute atomic E-state index is 0.0925. The van der Waals surface area contributed by atoms with Crippen molar-refractivity contribution in [2.45, 2.75) is 13.1 Å². The molecule has 1 aromatic heterocycles. The van der Waals surface area contributed by atoms with E-state index in [0.29, 0.717) is 16.9 Å². The van der Waals surface area contributed by atoms with Gasteiger partial charge >= 0.3 is 6.18 Å². The molecule has 1 amide bonds. The van der Waals surface area contributed by atoms with E-state index in [2.05, 4.69) is 15.7 Å². The molecule has 0 spiro atoms. The maximum atomic E-state index is 13.3. The lowest BCUT2D eigenvalue weighted by molar-refractivity contribution is -0.141. The summed E-state index contributed by atoms with van der Waals surface area (Å²) in [5.41, 5.74) is 0.769. The number of hydrogen-bond acceptors (Lipinski definition) is 3. The van der Waals surface area contributed by atoms with Crippen LogP contribution >= 0.6 is 0 Å². The monoisotopic (exact) mass is 392 g/mol. The molecule has 28 heavy (non-hydrogen) atoms. The molecule has 0 aliphatic rings. The maximum absolute atomic E-state index is 13.3. The molecular formula is C19H16F4N4O. The third-order valence-corrected chi connectivity index (χ3v) is 4.04. The summed E-state index contributed by atoms with van der Waals surface area (Å²) in [6.45, 7) is 1.71. The van der Waals surface area contributed by atoms with Gasteiger partial charge in [-0.2, -0.15) is 18.3 Å². The average Bonchev–Trinajstić information content (AvgIpc) is 2.99. The van der Waals surface area contributed by atoms with Gasteiger partial charge in [0, 0.05) is 18.8 Å². The molecule has 0 fully saturated rings.